The lowest BCUT2D eigenvalue weighted by Gasteiger charge is -2.32. The maximum Gasteiger partial charge on any atom is 0.0725 e. The molecule has 0 aromatic heterocycles. The minimum absolute atomic E-state index is 0.440. The van der Waals surface area contributed by atoms with Crippen LogP contribution in [0.2, 0.25) is 0 Å². The minimum atomic E-state index is -0.440. The van der Waals surface area contributed by atoms with Crippen LogP contribution in [0.25, 0.3) is 27.8 Å². The summed E-state index contributed by atoms with van der Waals surface area (Å²) in [6.07, 6.45) is 20.7. The molecule has 2 aliphatic rings. The number of hydrogen-bond acceptors (Lipinski definition) is 0. The van der Waals surface area contributed by atoms with Crippen LogP contribution in [0.3, 0.4) is 0 Å². The Balaban J connectivity index is 1.81. The van der Waals surface area contributed by atoms with Crippen molar-refractivity contribution in [2.45, 2.75) is 26.2 Å². The summed E-state index contributed by atoms with van der Waals surface area (Å²) in [5.74, 6) is 0. The Morgan fingerprint density at radius 1 is 0.675 bits per heavy atom. The molecule has 0 aliphatic heterocycles. The van der Waals surface area contributed by atoms with Crippen LogP contribution in [0, 0.1) is 0 Å². The lowest BCUT2D eigenvalue weighted by Crippen LogP contribution is -2.27. The molecule has 196 valence electrons. The van der Waals surface area contributed by atoms with Crippen molar-refractivity contribution in [1.82, 2.24) is 0 Å². The van der Waals surface area contributed by atoms with Crippen LogP contribution in [0.5, 0.6) is 0 Å². The van der Waals surface area contributed by atoms with E-state index in [1.54, 1.807) is 6.08 Å². The Bertz CT molecular complexity index is 1650. The molecule has 0 amide bonds. The van der Waals surface area contributed by atoms with Gasteiger partial charge in [0.2, 0.25) is 0 Å². The summed E-state index contributed by atoms with van der Waals surface area (Å²) in [5, 5.41) is 0. The van der Waals surface area contributed by atoms with Gasteiger partial charge in [-0.2, -0.15) is 0 Å². The normalized spacial score (nSPS) is 16.0. The van der Waals surface area contributed by atoms with Gasteiger partial charge in [-0.15, -0.1) is 0 Å². The van der Waals surface area contributed by atoms with Gasteiger partial charge in [-0.25, -0.2) is 0 Å². The van der Waals surface area contributed by atoms with E-state index in [0.29, 0.717) is 0 Å². The highest BCUT2D eigenvalue weighted by molar-refractivity contribution is 5.97. The summed E-state index contributed by atoms with van der Waals surface area (Å²) < 4.78 is 0. The largest absolute Gasteiger partial charge is 0.0991 e. The van der Waals surface area contributed by atoms with Gasteiger partial charge in [0.25, 0.3) is 0 Å². The van der Waals surface area contributed by atoms with E-state index in [1.807, 2.05) is 24.3 Å². The number of hydrogen-bond donors (Lipinski definition) is 0. The van der Waals surface area contributed by atoms with Gasteiger partial charge in [0, 0.05) is 0 Å². The molecule has 2 aliphatic carbocycles. The van der Waals surface area contributed by atoms with Gasteiger partial charge in [0.05, 0.1) is 5.41 Å². The van der Waals surface area contributed by atoms with Crippen molar-refractivity contribution in [3.05, 3.63) is 186 Å². The zero-order valence-electron chi connectivity index (χ0n) is 23.7. The van der Waals surface area contributed by atoms with E-state index in [9.17, 15) is 0 Å². The molecule has 0 nitrogen and oxygen atoms in total. The van der Waals surface area contributed by atoms with E-state index in [1.165, 1.54) is 55.7 Å². The molecule has 0 radical (unpaired) electrons. The van der Waals surface area contributed by atoms with E-state index >= 15 is 0 Å². The fraction of sp³-hybridized carbons (Fsp3) is 0.100. The fourth-order valence-electron chi connectivity index (χ4n) is 6.48. The maximum absolute atomic E-state index is 4.23. The number of fused-ring (bicyclic) bond motifs is 5. The Morgan fingerprint density at radius 2 is 1.27 bits per heavy atom. The summed E-state index contributed by atoms with van der Waals surface area (Å²) in [4.78, 5) is 0. The molecular formula is C40H36. The molecule has 5 rings (SSSR count). The predicted octanol–water partition coefficient (Wildman–Crippen LogP) is 10.9. The molecular weight excluding hydrogens is 480 g/mol. The van der Waals surface area contributed by atoms with E-state index in [2.05, 4.69) is 138 Å². The van der Waals surface area contributed by atoms with Crippen molar-refractivity contribution in [3.8, 4) is 22.3 Å². The van der Waals surface area contributed by atoms with Crippen molar-refractivity contribution < 1.29 is 0 Å². The van der Waals surface area contributed by atoms with Crippen LogP contribution in [-0.2, 0) is 5.41 Å². The van der Waals surface area contributed by atoms with Gasteiger partial charge >= 0.3 is 0 Å². The number of rotatable bonds is 8. The molecule has 0 heterocycles. The average Bonchev–Trinajstić information content (AvgIpc) is 3.43. The van der Waals surface area contributed by atoms with E-state index in [0.717, 1.165) is 11.1 Å². The highest BCUT2D eigenvalue weighted by Crippen LogP contribution is 2.63. The van der Waals surface area contributed by atoms with Gasteiger partial charge in [-0.05, 0) is 87.6 Å². The van der Waals surface area contributed by atoms with Crippen LogP contribution >= 0.6 is 0 Å². The lowest BCUT2D eigenvalue weighted by molar-refractivity contribution is 0.778. The lowest BCUT2D eigenvalue weighted by atomic mass is 9.68. The molecule has 0 N–H and O–H groups in total. The monoisotopic (exact) mass is 516 g/mol. The standard InChI is InChI=1S/C40H36/c1-7-12-13-19-28(6)29-24-26-30(27-25-29)33-21-16-23-38-39(33)34-20-14-15-22-37(34)40(38)35(17-8-2)31(10-4)32(11-5)36(40)18-9-3/h7-27H,1,4-5H2,2-3,6H3/b13-12-,17-8-,18-9-,28-19+. The third-order valence-electron chi connectivity index (χ3n) is 8.07. The third-order valence-corrected chi connectivity index (χ3v) is 8.07. The Morgan fingerprint density at radius 3 is 1.88 bits per heavy atom. The van der Waals surface area contributed by atoms with Gasteiger partial charge < -0.3 is 0 Å². The van der Waals surface area contributed by atoms with Crippen molar-refractivity contribution >= 4 is 5.57 Å². The van der Waals surface area contributed by atoms with Crippen LogP contribution in [-0.4, -0.2) is 0 Å². The molecule has 0 atom stereocenters. The van der Waals surface area contributed by atoms with Crippen LogP contribution in [0.4, 0.5) is 0 Å². The van der Waals surface area contributed by atoms with Crippen molar-refractivity contribution in [2.75, 3.05) is 0 Å². The van der Waals surface area contributed by atoms with E-state index in [4.69, 9.17) is 0 Å². The van der Waals surface area contributed by atoms with Crippen molar-refractivity contribution in [1.29, 1.82) is 0 Å². The topological polar surface area (TPSA) is 0 Å². The summed E-state index contributed by atoms with van der Waals surface area (Å²) in [6.45, 7) is 18.5. The van der Waals surface area contributed by atoms with Gasteiger partial charge in [0.15, 0.2) is 0 Å². The molecule has 0 heteroatoms. The highest BCUT2D eigenvalue weighted by atomic mass is 14.5. The first-order valence-electron chi connectivity index (χ1n) is 13.9. The summed E-state index contributed by atoms with van der Waals surface area (Å²) >= 11 is 0. The molecule has 0 fully saturated rings. The Kier molecular flexibility index (Phi) is 7.54. The zero-order chi connectivity index (χ0) is 28.3. The second kappa shape index (κ2) is 11.2. The second-order valence-electron chi connectivity index (χ2n) is 10.1. The summed E-state index contributed by atoms with van der Waals surface area (Å²) in [5.41, 5.74) is 14.4. The summed E-state index contributed by atoms with van der Waals surface area (Å²) in [7, 11) is 0. The first-order chi connectivity index (χ1) is 19.6. The molecule has 0 unspecified atom stereocenters. The first-order valence-corrected chi connectivity index (χ1v) is 13.9. The Hall–Kier alpha value is -4.68. The molecule has 3 aromatic rings. The maximum atomic E-state index is 4.23. The second-order valence-corrected chi connectivity index (χ2v) is 10.1. The smallest absolute Gasteiger partial charge is 0.0725 e. The van der Waals surface area contributed by atoms with Gasteiger partial charge in [-0.1, -0.05) is 147 Å². The zero-order valence-corrected chi connectivity index (χ0v) is 23.7. The number of benzene rings is 3. The molecule has 0 saturated carbocycles. The minimum Gasteiger partial charge on any atom is -0.0991 e. The molecule has 1 spiro atoms. The number of allylic oxidation sites excluding steroid dienone is 15. The van der Waals surface area contributed by atoms with Crippen LogP contribution < -0.4 is 0 Å². The predicted molar refractivity (Wildman–Crippen MR) is 175 cm³/mol. The van der Waals surface area contributed by atoms with Crippen LogP contribution in [0.1, 0.15) is 37.5 Å². The van der Waals surface area contributed by atoms with E-state index < -0.39 is 5.41 Å². The highest BCUT2D eigenvalue weighted by Gasteiger charge is 2.52. The Labute approximate surface area is 239 Å². The third kappa shape index (κ3) is 4.00. The molecule has 0 bridgehead atoms. The van der Waals surface area contributed by atoms with Gasteiger partial charge in [0.1, 0.15) is 0 Å². The summed E-state index contributed by atoms with van der Waals surface area (Å²) in [6, 6.07) is 24.6. The van der Waals surface area contributed by atoms with Crippen LogP contribution in [0.15, 0.2) is 170 Å². The average molecular weight is 517 g/mol. The van der Waals surface area contributed by atoms with Crippen molar-refractivity contribution in [3.63, 3.8) is 0 Å². The molecule has 40 heavy (non-hydrogen) atoms. The van der Waals surface area contributed by atoms with Gasteiger partial charge in [-0.3, -0.25) is 0 Å². The van der Waals surface area contributed by atoms with E-state index in [-0.39, 0.29) is 0 Å². The van der Waals surface area contributed by atoms with Crippen molar-refractivity contribution in [2.24, 2.45) is 0 Å². The quantitative estimate of drug-likeness (QED) is 0.261. The fourth-order valence-corrected chi connectivity index (χ4v) is 6.48. The first kappa shape index (κ1) is 26.9. The molecule has 0 saturated heterocycles. The SMILES string of the molecule is C=C/C=C\C=C(/C)c1ccc(-c2cccc3c2-c2ccccc2C32C(/C=C\C)=C(C=C)C(C=C)=C2/C=C\C)cc1. The molecule has 3 aromatic carbocycles.